The molecule has 0 aliphatic carbocycles. The van der Waals surface area contributed by atoms with Crippen LogP contribution >= 0.6 is 0 Å². The van der Waals surface area contributed by atoms with Crippen molar-refractivity contribution >= 4 is 17.5 Å². The Kier molecular flexibility index (Phi) is 4.72. The summed E-state index contributed by atoms with van der Waals surface area (Å²) >= 11 is 0. The molecule has 1 amide bonds. The first kappa shape index (κ1) is 16.5. The molecule has 4 rings (SSSR count). The number of aromatic nitrogens is 2. The molecule has 136 valence electrons. The number of carbonyl (C=O) groups excluding carboxylic acids is 1. The second-order valence-electron chi connectivity index (χ2n) is 6.98. The van der Waals surface area contributed by atoms with Crippen molar-refractivity contribution in [3.63, 3.8) is 0 Å². The Labute approximate surface area is 148 Å². The molecule has 1 unspecified atom stereocenters. The van der Waals surface area contributed by atoms with Crippen molar-refractivity contribution in [2.45, 2.75) is 25.4 Å². The highest BCUT2D eigenvalue weighted by molar-refractivity contribution is 5.84. The molecule has 0 spiro atoms. The maximum atomic E-state index is 12.9. The van der Waals surface area contributed by atoms with Gasteiger partial charge < -0.3 is 24.8 Å². The molecule has 25 heavy (non-hydrogen) atoms. The first-order valence-corrected chi connectivity index (χ1v) is 9.12. The topological polar surface area (TPSA) is 73.8 Å². The van der Waals surface area contributed by atoms with E-state index in [0.29, 0.717) is 26.3 Å². The summed E-state index contributed by atoms with van der Waals surface area (Å²) in [4.78, 5) is 28.2. The predicted octanol–water partition coefficient (Wildman–Crippen LogP) is -0.156. The van der Waals surface area contributed by atoms with E-state index < -0.39 is 0 Å². The number of fused-ring (bicyclic) bond motifs is 1. The number of piperidine rings is 1. The van der Waals surface area contributed by atoms with Crippen molar-refractivity contribution in [1.29, 1.82) is 0 Å². The van der Waals surface area contributed by atoms with E-state index >= 15 is 0 Å². The summed E-state index contributed by atoms with van der Waals surface area (Å²) in [5.74, 6) is 1.99. The number of nitrogens with one attached hydrogen (secondary N) is 1. The molecule has 0 aromatic carbocycles. The van der Waals surface area contributed by atoms with Gasteiger partial charge in [0.15, 0.2) is 0 Å². The maximum absolute atomic E-state index is 12.9. The minimum absolute atomic E-state index is 0.169. The maximum Gasteiger partial charge on any atom is 0.242 e. The van der Waals surface area contributed by atoms with E-state index in [0.717, 1.165) is 56.2 Å². The lowest BCUT2D eigenvalue weighted by Crippen LogP contribution is -2.49. The van der Waals surface area contributed by atoms with Gasteiger partial charge in [-0.2, -0.15) is 0 Å². The summed E-state index contributed by atoms with van der Waals surface area (Å²) < 4.78 is 5.48. The van der Waals surface area contributed by atoms with E-state index in [9.17, 15) is 4.79 Å². The molecule has 2 saturated heterocycles. The SMILES string of the molecule is CN1CC(=O)N(C2CCCNC2)Cc2c1ncnc2N1CCOCC1. The van der Waals surface area contributed by atoms with E-state index in [1.165, 1.54) is 0 Å². The van der Waals surface area contributed by atoms with Gasteiger partial charge in [0, 0.05) is 32.7 Å². The number of ether oxygens (including phenoxy) is 1. The number of carbonyl (C=O) groups is 1. The van der Waals surface area contributed by atoms with Crippen molar-refractivity contribution in [3.05, 3.63) is 11.9 Å². The number of morpholine rings is 1. The van der Waals surface area contributed by atoms with Gasteiger partial charge in [-0.1, -0.05) is 0 Å². The van der Waals surface area contributed by atoms with E-state index in [2.05, 4.69) is 20.2 Å². The lowest BCUT2D eigenvalue weighted by atomic mass is 10.0. The number of amides is 1. The predicted molar refractivity (Wildman–Crippen MR) is 94.8 cm³/mol. The van der Waals surface area contributed by atoms with Gasteiger partial charge in [-0.3, -0.25) is 4.79 Å². The highest BCUT2D eigenvalue weighted by atomic mass is 16.5. The molecule has 0 saturated carbocycles. The zero-order valence-electron chi connectivity index (χ0n) is 14.8. The molecule has 1 atom stereocenters. The summed E-state index contributed by atoms with van der Waals surface area (Å²) in [5.41, 5.74) is 1.06. The van der Waals surface area contributed by atoms with Crippen molar-refractivity contribution < 1.29 is 9.53 Å². The number of hydrogen-bond acceptors (Lipinski definition) is 7. The Balaban J connectivity index is 1.68. The highest BCUT2D eigenvalue weighted by Crippen LogP contribution is 2.31. The van der Waals surface area contributed by atoms with Crippen LogP contribution in [0.25, 0.3) is 0 Å². The average Bonchev–Trinajstić information content (AvgIpc) is 2.79. The first-order valence-electron chi connectivity index (χ1n) is 9.12. The third kappa shape index (κ3) is 3.28. The van der Waals surface area contributed by atoms with Gasteiger partial charge >= 0.3 is 0 Å². The third-order valence-electron chi connectivity index (χ3n) is 5.30. The molecule has 0 bridgehead atoms. The van der Waals surface area contributed by atoms with Gasteiger partial charge in [0.2, 0.25) is 5.91 Å². The second-order valence-corrected chi connectivity index (χ2v) is 6.98. The lowest BCUT2D eigenvalue weighted by molar-refractivity contribution is -0.132. The summed E-state index contributed by atoms with van der Waals surface area (Å²) in [6, 6.07) is 0.248. The van der Waals surface area contributed by atoms with Gasteiger partial charge in [-0.15, -0.1) is 0 Å². The number of rotatable bonds is 2. The van der Waals surface area contributed by atoms with Gasteiger partial charge in [0.05, 0.1) is 31.9 Å². The van der Waals surface area contributed by atoms with E-state index in [1.807, 2.05) is 16.8 Å². The van der Waals surface area contributed by atoms with Crippen LogP contribution in [0.5, 0.6) is 0 Å². The molecule has 4 heterocycles. The molecule has 1 aromatic heterocycles. The minimum Gasteiger partial charge on any atom is -0.378 e. The molecular weight excluding hydrogens is 320 g/mol. The number of nitrogens with zero attached hydrogens (tertiary/aromatic N) is 5. The molecule has 0 radical (unpaired) electrons. The van der Waals surface area contributed by atoms with Crippen LogP contribution in [-0.4, -0.2) is 79.8 Å². The fraction of sp³-hybridized carbons (Fsp3) is 0.706. The van der Waals surface area contributed by atoms with Gasteiger partial charge in [-0.05, 0) is 19.4 Å². The van der Waals surface area contributed by atoms with Crippen molar-refractivity contribution in [1.82, 2.24) is 20.2 Å². The van der Waals surface area contributed by atoms with Crippen molar-refractivity contribution in [3.8, 4) is 0 Å². The number of hydrogen-bond donors (Lipinski definition) is 1. The van der Waals surface area contributed by atoms with Crippen molar-refractivity contribution in [2.75, 3.05) is 62.8 Å². The Hall–Kier alpha value is -1.93. The quantitative estimate of drug-likeness (QED) is 0.798. The Bertz CT molecular complexity index is 628. The van der Waals surface area contributed by atoms with Crippen LogP contribution in [0.1, 0.15) is 18.4 Å². The zero-order chi connectivity index (χ0) is 17.2. The molecule has 3 aliphatic rings. The second kappa shape index (κ2) is 7.13. The standard InChI is InChI=1S/C17H26N6O2/c1-21-11-15(24)23(13-3-2-4-18-9-13)10-14-16(21)19-12-20-17(14)22-5-7-25-8-6-22/h12-13,18H,2-11H2,1H3. The molecule has 8 nitrogen and oxygen atoms in total. The fourth-order valence-corrected chi connectivity index (χ4v) is 3.97. The van der Waals surface area contributed by atoms with Gasteiger partial charge in [-0.25, -0.2) is 9.97 Å². The molecule has 1 N–H and O–H groups in total. The highest BCUT2D eigenvalue weighted by Gasteiger charge is 2.33. The van der Waals surface area contributed by atoms with Crippen LogP contribution in [0.15, 0.2) is 6.33 Å². The summed E-state index contributed by atoms with van der Waals surface area (Å²) in [6.07, 6.45) is 3.78. The lowest BCUT2D eigenvalue weighted by Gasteiger charge is -2.35. The zero-order valence-corrected chi connectivity index (χ0v) is 14.8. The molecule has 8 heteroatoms. The Morgan fingerprint density at radius 1 is 1.20 bits per heavy atom. The summed E-state index contributed by atoms with van der Waals surface area (Å²) in [5, 5.41) is 3.42. The Morgan fingerprint density at radius 3 is 2.76 bits per heavy atom. The average molecular weight is 346 g/mol. The Morgan fingerprint density at radius 2 is 2.00 bits per heavy atom. The number of likely N-dealkylation sites (N-methyl/N-ethyl adjacent to an activating group) is 1. The minimum atomic E-state index is 0.169. The van der Waals surface area contributed by atoms with E-state index in [4.69, 9.17) is 4.74 Å². The van der Waals surface area contributed by atoms with Crippen LogP contribution in [0.3, 0.4) is 0 Å². The number of anilines is 2. The molecule has 1 aromatic rings. The van der Waals surface area contributed by atoms with Crippen LogP contribution in [-0.2, 0) is 16.1 Å². The summed E-state index contributed by atoms with van der Waals surface area (Å²) in [6.45, 7) is 5.93. The molecular formula is C17H26N6O2. The van der Waals surface area contributed by atoms with Gasteiger partial charge in [0.1, 0.15) is 18.0 Å². The third-order valence-corrected chi connectivity index (χ3v) is 5.30. The van der Waals surface area contributed by atoms with Crippen molar-refractivity contribution in [2.24, 2.45) is 0 Å². The van der Waals surface area contributed by atoms with E-state index in [1.54, 1.807) is 6.33 Å². The molecule has 3 aliphatic heterocycles. The monoisotopic (exact) mass is 346 g/mol. The fourth-order valence-electron chi connectivity index (χ4n) is 3.97. The first-order chi connectivity index (χ1) is 12.2. The van der Waals surface area contributed by atoms with E-state index in [-0.39, 0.29) is 11.9 Å². The molecule has 2 fully saturated rings. The normalized spacial score (nSPS) is 24.9. The van der Waals surface area contributed by atoms with Crippen LogP contribution in [0.4, 0.5) is 11.6 Å². The smallest absolute Gasteiger partial charge is 0.242 e. The van der Waals surface area contributed by atoms with Crippen LogP contribution < -0.4 is 15.1 Å². The van der Waals surface area contributed by atoms with Crippen LogP contribution in [0, 0.1) is 0 Å². The largest absolute Gasteiger partial charge is 0.378 e. The van der Waals surface area contributed by atoms with Crippen LogP contribution in [0.2, 0.25) is 0 Å². The summed E-state index contributed by atoms with van der Waals surface area (Å²) in [7, 11) is 1.94. The van der Waals surface area contributed by atoms with Gasteiger partial charge in [0.25, 0.3) is 0 Å².